The summed E-state index contributed by atoms with van der Waals surface area (Å²) in [4.78, 5) is 0. The van der Waals surface area contributed by atoms with Gasteiger partial charge in [0.25, 0.3) is 5.67 Å². The minimum atomic E-state index is -5.97. The predicted octanol–water partition coefficient (Wildman–Crippen LogP) is 7.78. The van der Waals surface area contributed by atoms with Gasteiger partial charge in [0, 0.05) is 11.8 Å². The van der Waals surface area contributed by atoms with Crippen LogP contribution in [0, 0.1) is 40.4 Å². The van der Waals surface area contributed by atoms with Gasteiger partial charge in [0.15, 0.2) is 0 Å². The minimum absolute atomic E-state index is 0.0130. The summed E-state index contributed by atoms with van der Waals surface area (Å²) < 4.78 is 98.2. The fourth-order valence-electron chi connectivity index (χ4n) is 9.95. The summed E-state index contributed by atoms with van der Waals surface area (Å²) in [6.07, 6.45) is -6.51. The van der Waals surface area contributed by atoms with E-state index in [9.17, 15) is 35.8 Å². The van der Waals surface area contributed by atoms with Crippen LogP contribution in [0.3, 0.4) is 0 Å². The Kier molecular flexibility index (Phi) is 6.17. The highest BCUT2D eigenvalue weighted by Gasteiger charge is 2.76. The fraction of sp³-hybridized carbons (Fsp3) is 1.00. The molecule has 5 fully saturated rings. The first-order valence-corrected chi connectivity index (χ1v) is 13.7. The number of hydrogen-bond donors (Lipinski definition) is 1. The second kappa shape index (κ2) is 8.22. The van der Waals surface area contributed by atoms with Crippen molar-refractivity contribution in [1.82, 2.24) is 0 Å². The maximum Gasteiger partial charge on any atom is 0.431 e. The average molecular weight is 529 g/mol. The standard InChI is InChI=1S/C27H39F7O2/c1-15(5-4-10-25(28,26(29,30)31)27(32,33)34)18-6-7-19-17-13-21-24(36-21)14-16(35)8-12-23(24,3)20(17)9-11-22(18,19)2/h15-21,35H,4-14H2,1-3H3/t15?,16-,17-,18+,19-,20-,21+,22+,23+,24+/m0/s1. The van der Waals surface area contributed by atoms with E-state index in [0.29, 0.717) is 24.2 Å². The van der Waals surface area contributed by atoms with Gasteiger partial charge in [-0.3, -0.25) is 0 Å². The lowest BCUT2D eigenvalue weighted by Gasteiger charge is -2.59. The van der Waals surface area contributed by atoms with Gasteiger partial charge in [-0.15, -0.1) is 0 Å². The van der Waals surface area contributed by atoms with E-state index < -0.39 is 30.9 Å². The second-order valence-electron chi connectivity index (χ2n) is 13.3. The Labute approximate surface area is 208 Å². The first-order valence-electron chi connectivity index (χ1n) is 13.7. The summed E-state index contributed by atoms with van der Waals surface area (Å²) in [6.45, 7) is 6.54. The van der Waals surface area contributed by atoms with Gasteiger partial charge in [-0.25, -0.2) is 4.39 Å². The van der Waals surface area contributed by atoms with Crippen LogP contribution in [0.1, 0.15) is 91.4 Å². The van der Waals surface area contributed by atoms with E-state index in [1.165, 1.54) is 0 Å². The van der Waals surface area contributed by atoms with E-state index in [2.05, 4.69) is 13.8 Å². The Balaban J connectivity index is 1.26. The maximum atomic E-state index is 14.1. The first kappa shape index (κ1) is 27.0. The topological polar surface area (TPSA) is 32.8 Å². The van der Waals surface area contributed by atoms with Crippen molar-refractivity contribution in [3.05, 3.63) is 0 Å². The van der Waals surface area contributed by atoms with Crippen LogP contribution >= 0.6 is 0 Å². The molecule has 0 radical (unpaired) electrons. The number of rotatable bonds is 5. The normalized spacial score (nSPS) is 47.4. The van der Waals surface area contributed by atoms with Crippen molar-refractivity contribution in [3.63, 3.8) is 0 Å². The molecule has 4 aliphatic carbocycles. The zero-order chi connectivity index (χ0) is 26.5. The molecule has 208 valence electrons. The summed E-state index contributed by atoms with van der Waals surface area (Å²) in [5.41, 5.74) is -5.31. The third-order valence-corrected chi connectivity index (χ3v) is 11.9. The minimum Gasteiger partial charge on any atom is -0.393 e. The Morgan fingerprint density at radius 2 is 1.58 bits per heavy atom. The molecule has 0 aromatic heterocycles. The number of ether oxygens (including phenoxy) is 1. The van der Waals surface area contributed by atoms with Crippen molar-refractivity contribution >= 4 is 0 Å². The second-order valence-corrected chi connectivity index (χ2v) is 13.3. The number of epoxide rings is 1. The lowest BCUT2D eigenvalue weighted by molar-refractivity contribution is -0.343. The molecule has 0 aromatic rings. The summed E-state index contributed by atoms with van der Waals surface area (Å²) in [5, 5.41) is 10.3. The Hall–Kier alpha value is -0.570. The van der Waals surface area contributed by atoms with E-state index in [1.807, 2.05) is 6.92 Å². The highest BCUT2D eigenvalue weighted by atomic mass is 19.4. The molecule has 1 saturated heterocycles. The molecule has 0 amide bonds. The molecule has 4 saturated carbocycles. The molecule has 0 bridgehead atoms. The molecule has 1 heterocycles. The van der Waals surface area contributed by atoms with Gasteiger partial charge in [-0.2, -0.15) is 26.3 Å². The summed E-state index contributed by atoms with van der Waals surface area (Å²) in [5.74, 6) is 1.61. The molecule has 36 heavy (non-hydrogen) atoms. The molecule has 1 spiro atoms. The number of hydrogen-bond acceptors (Lipinski definition) is 2. The van der Waals surface area contributed by atoms with Gasteiger partial charge in [0.2, 0.25) is 0 Å². The molecule has 5 aliphatic rings. The molecule has 5 rings (SSSR count). The van der Waals surface area contributed by atoms with Gasteiger partial charge in [0.05, 0.1) is 12.2 Å². The van der Waals surface area contributed by atoms with Crippen LogP contribution < -0.4 is 0 Å². The van der Waals surface area contributed by atoms with Crippen molar-refractivity contribution < 1.29 is 40.6 Å². The quantitative estimate of drug-likeness (QED) is 0.292. The Bertz CT molecular complexity index is 844. The lowest BCUT2D eigenvalue weighted by atomic mass is 9.44. The van der Waals surface area contributed by atoms with E-state index in [0.717, 1.165) is 44.9 Å². The summed E-state index contributed by atoms with van der Waals surface area (Å²) >= 11 is 0. The van der Waals surface area contributed by atoms with Crippen molar-refractivity contribution in [3.8, 4) is 0 Å². The lowest BCUT2D eigenvalue weighted by Crippen LogP contribution is -2.58. The fourth-order valence-corrected chi connectivity index (χ4v) is 9.95. The van der Waals surface area contributed by atoms with Crippen LogP contribution in [-0.4, -0.2) is 40.9 Å². The highest BCUT2D eigenvalue weighted by molar-refractivity contribution is 5.24. The van der Waals surface area contributed by atoms with Gasteiger partial charge in [0.1, 0.15) is 5.60 Å². The van der Waals surface area contributed by atoms with Gasteiger partial charge in [-0.1, -0.05) is 27.2 Å². The van der Waals surface area contributed by atoms with Crippen LogP contribution in [0.15, 0.2) is 0 Å². The zero-order valence-corrected chi connectivity index (χ0v) is 21.3. The molecule has 2 nitrogen and oxygen atoms in total. The summed E-state index contributed by atoms with van der Waals surface area (Å²) in [7, 11) is 0. The molecule has 0 aromatic carbocycles. The molecular formula is C27H39F7O2. The third kappa shape index (κ3) is 3.63. The SMILES string of the molecule is CC(CCCC(F)(C(F)(F)F)C(F)(F)F)[C@H]1CC[C@H]2[C@@H]3C[C@H]4O[C@]45C[C@@H](O)CC[C@]5(C)[C@H]3CC[C@]12C. The molecule has 1 N–H and O–H groups in total. The third-order valence-electron chi connectivity index (χ3n) is 11.9. The Morgan fingerprint density at radius 3 is 2.22 bits per heavy atom. The number of halogens is 7. The molecule has 1 aliphatic heterocycles. The molecule has 10 atom stereocenters. The number of aliphatic hydroxyl groups excluding tert-OH is 1. The first-order chi connectivity index (χ1) is 16.5. The van der Waals surface area contributed by atoms with Crippen LogP contribution in [0.25, 0.3) is 0 Å². The van der Waals surface area contributed by atoms with Crippen molar-refractivity contribution in [2.75, 3.05) is 0 Å². The van der Waals surface area contributed by atoms with E-state index in [1.54, 1.807) is 0 Å². The van der Waals surface area contributed by atoms with E-state index in [4.69, 9.17) is 4.74 Å². The van der Waals surface area contributed by atoms with E-state index >= 15 is 0 Å². The van der Waals surface area contributed by atoms with Crippen molar-refractivity contribution in [2.24, 2.45) is 40.4 Å². The largest absolute Gasteiger partial charge is 0.431 e. The van der Waals surface area contributed by atoms with Crippen molar-refractivity contribution in [1.29, 1.82) is 0 Å². The van der Waals surface area contributed by atoms with Crippen molar-refractivity contribution in [2.45, 2.75) is 127 Å². The van der Waals surface area contributed by atoms with Crippen LogP contribution in [-0.2, 0) is 4.74 Å². The van der Waals surface area contributed by atoms with Gasteiger partial charge >= 0.3 is 12.4 Å². The predicted molar refractivity (Wildman–Crippen MR) is 120 cm³/mol. The van der Waals surface area contributed by atoms with Gasteiger partial charge in [-0.05, 0) is 92.8 Å². The zero-order valence-electron chi connectivity index (χ0n) is 21.3. The monoisotopic (exact) mass is 528 g/mol. The van der Waals surface area contributed by atoms with Crippen LogP contribution in [0.4, 0.5) is 30.7 Å². The van der Waals surface area contributed by atoms with E-state index in [-0.39, 0.29) is 46.9 Å². The highest BCUT2D eigenvalue weighted by Crippen LogP contribution is 2.74. The number of fused-ring (bicyclic) bond motifs is 4. The molecule has 1 unspecified atom stereocenters. The maximum absolute atomic E-state index is 14.1. The molecular weight excluding hydrogens is 489 g/mol. The number of alkyl halides is 7. The average Bonchev–Trinajstić information content (AvgIpc) is 3.33. The Morgan fingerprint density at radius 1 is 0.917 bits per heavy atom. The smallest absolute Gasteiger partial charge is 0.393 e. The molecule has 9 heteroatoms. The van der Waals surface area contributed by atoms with Crippen LogP contribution in [0.2, 0.25) is 0 Å². The van der Waals surface area contributed by atoms with Crippen LogP contribution in [0.5, 0.6) is 0 Å². The summed E-state index contributed by atoms with van der Waals surface area (Å²) in [6, 6.07) is 0. The van der Waals surface area contributed by atoms with Gasteiger partial charge < -0.3 is 9.84 Å². The number of aliphatic hydroxyl groups is 1.